The summed E-state index contributed by atoms with van der Waals surface area (Å²) in [5, 5.41) is 3.08. The molecule has 2 aromatic rings. The number of benzene rings is 1. The number of ketones is 1. The highest BCUT2D eigenvalue weighted by molar-refractivity contribution is 6.10. The van der Waals surface area contributed by atoms with E-state index in [0.29, 0.717) is 17.6 Å². The van der Waals surface area contributed by atoms with Crippen molar-refractivity contribution in [2.24, 2.45) is 4.99 Å². The lowest BCUT2D eigenvalue weighted by Crippen LogP contribution is -2.21. The number of amidine groups is 1. The second-order valence-corrected chi connectivity index (χ2v) is 3.89. The Morgan fingerprint density at radius 3 is 3.24 bits per heavy atom. The van der Waals surface area contributed by atoms with Gasteiger partial charge < -0.3 is 9.73 Å². The molecule has 0 saturated heterocycles. The average molecular weight is 229 g/mol. The van der Waals surface area contributed by atoms with Gasteiger partial charge in [-0.05, 0) is 18.2 Å². The van der Waals surface area contributed by atoms with E-state index in [9.17, 15) is 4.79 Å². The van der Waals surface area contributed by atoms with Crippen LogP contribution in [0.25, 0.3) is 11.1 Å². The van der Waals surface area contributed by atoms with Crippen LogP contribution in [0.2, 0.25) is 0 Å². The maximum absolute atomic E-state index is 12.0. The molecule has 1 aromatic carbocycles. The zero-order chi connectivity index (χ0) is 11.7. The molecule has 1 aliphatic heterocycles. The first kappa shape index (κ1) is 10.0. The van der Waals surface area contributed by atoms with Crippen LogP contribution >= 0.6 is 0 Å². The smallest absolute Gasteiger partial charge is 0.181 e. The molecular weight excluding hydrogens is 218 g/mol. The molecule has 86 valence electrons. The minimum atomic E-state index is 0.0384. The van der Waals surface area contributed by atoms with Crippen molar-refractivity contribution in [3.8, 4) is 0 Å². The van der Waals surface area contributed by atoms with Gasteiger partial charge in [0.15, 0.2) is 17.8 Å². The maximum atomic E-state index is 12.0. The third kappa shape index (κ3) is 1.91. The fourth-order valence-corrected chi connectivity index (χ4v) is 1.85. The van der Waals surface area contributed by atoms with E-state index in [4.69, 9.17) is 4.42 Å². The highest BCUT2D eigenvalue weighted by Gasteiger charge is 2.13. The second-order valence-electron chi connectivity index (χ2n) is 3.89. The molecular formula is C12H11N3O2. The Hall–Kier alpha value is -2.17. The summed E-state index contributed by atoms with van der Waals surface area (Å²) < 4.78 is 5.17. The van der Waals surface area contributed by atoms with Crippen molar-refractivity contribution in [2.75, 3.05) is 13.1 Å². The molecule has 0 atom stereocenters. The van der Waals surface area contributed by atoms with Crippen LogP contribution in [0, 0.1) is 0 Å². The van der Waals surface area contributed by atoms with Gasteiger partial charge >= 0.3 is 0 Å². The summed E-state index contributed by atoms with van der Waals surface area (Å²) in [5.41, 5.74) is 2.03. The summed E-state index contributed by atoms with van der Waals surface area (Å²) in [6, 6.07) is 5.28. The number of hydrogen-bond donors (Lipinski definition) is 1. The molecule has 0 radical (unpaired) electrons. The molecule has 17 heavy (non-hydrogen) atoms. The summed E-state index contributed by atoms with van der Waals surface area (Å²) >= 11 is 0. The number of fused-ring (bicyclic) bond motifs is 1. The summed E-state index contributed by atoms with van der Waals surface area (Å²) in [6.07, 6.45) is 1.70. The van der Waals surface area contributed by atoms with E-state index in [0.717, 1.165) is 24.4 Å². The van der Waals surface area contributed by atoms with E-state index in [-0.39, 0.29) is 5.78 Å². The number of aliphatic imine (C=N–C) groups is 1. The molecule has 1 aromatic heterocycles. The van der Waals surface area contributed by atoms with Crippen molar-refractivity contribution < 1.29 is 9.21 Å². The Balaban J connectivity index is 1.84. The van der Waals surface area contributed by atoms with Crippen LogP contribution < -0.4 is 5.32 Å². The van der Waals surface area contributed by atoms with Crippen molar-refractivity contribution in [2.45, 2.75) is 6.42 Å². The summed E-state index contributed by atoms with van der Waals surface area (Å²) in [4.78, 5) is 20.2. The van der Waals surface area contributed by atoms with Crippen LogP contribution in [-0.4, -0.2) is 29.7 Å². The minimum Gasteiger partial charge on any atom is -0.443 e. The number of nitrogens with one attached hydrogen (secondary N) is 1. The first-order valence-corrected chi connectivity index (χ1v) is 5.46. The molecule has 0 amide bonds. The quantitative estimate of drug-likeness (QED) is 0.808. The molecule has 0 saturated carbocycles. The lowest BCUT2D eigenvalue weighted by Gasteiger charge is -2.01. The largest absolute Gasteiger partial charge is 0.443 e. The number of oxazole rings is 1. The van der Waals surface area contributed by atoms with Gasteiger partial charge in [0, 0.05) is 12.1 Å². The van der Waals surface area contributed by atoms with E-state index in [1.807, 2.05) is 0 Å². The molecule has 0 bridgehead atoms. The number of carbonyl (C=O) groups is 1. The summed E-state index contributed by atoms with van der Waals surface area (Å²) in [7, 11) is 0. The predicted molar refractivity (Wildman–Crippen MR) is 63.3 cm³/mol. The molecule has 1 aliphatic rings. The molecule has 0 spiro atoms. The highest BCUT2D eigenvalue weighted by Crippen LogP contribution is 2.15. The normalized spacial score (nSPS) is 14.7. The van der Waals surface area contributed by atoms with Crippen LogP contribution in [-0.2, 0) is 0 Å². The molecule has 1 N–H and O–H groups in total. The van der Waals surface area contributed by atoms with Gasteiger partial charge in [0.05, 0.1) is 13.0 Å². The fourth-order valence-electron chi connectivity index (χ4n) is 1.85. The number of nitrogens with zero attached hydrogens (tertiary/aromatic N) is 2. The number of carbonyl (C=O) groups excluding carboxylic acids is 1. The molecule has 0 fully saturated rings. The van der Waals surface area contributed by atoms with Gasteiger partial charge in [0.2, 0.25) is 0 Å². The second kappa shape index (κ2) is 4.01. The Bertz CT molecular complexity index is 601. The maximum Gasteiger partial charge on any atom is 0.181 e. The third-order valence-electron chi connectivity index (χ3n) is 2.72. The van der Waals surface area contributed by atoms with Crippen molar-refractivity contribution in [1.82, 2.24) is 10.3 Å². The number of rotatable bonds is 3. The lowest BCUT2D eigenvalue weighted by atomic mass is 10.1. The highest BCUT2D eigenvalue weighted by atomic mass is 16.3. The van der Waals surface area contributed by atoms with Crippen LogP contribution in [0.1, 0.15) is 16.8 Å². The zero-order valence-corrected chi connectivity index (χ0v) is 9.14. The number of hydrogen-bond acceptors (Lipinski definition) is 5. The van der Waals surface area contributed by atoms with Crippen LogP contribution in [0.5, 0.6) is 0 Å². The van der Waals surface area contributed by atoms with E-state index >= 15 is 0 Å². The van der Waals surface area contributed by atoms with Gasteiger partial charge in [-0.25, -0.2) is 4.98 Å². The van der Waals surface area contributed by atoms with Crippen molar-refractivity contribution in [1.29, 1.82) is 0 Å². The standard InChI is InChI=1S/C12H11N3O2/c16-10(6-12-13-3-4-14-12)8-1-2-9-11(5-8)17-7-15-9/h1-2,5,7H,3-4,6H2,(H,13,14). The van der Waals surface area contributed by atoms with E-state index in [1.54, 1.807) is 18.2 Å². The molecule has 3 rings (SSSR count). The van der Waals surface area contributed by atoms with E-state index in [2.05, 4.69) is 15.3 Å². The molecule has 0 unspecified atom stereocenters. The van der Waals surface area contributed by atoms with Crippen molar-refractivity contribution >= 4 is 22.7 Å². The van der Waals surface area contributed by atoms with Gasteiger partial charge in [-0.2, -0.15) is 0 Å². The third-order valence-corrected chi connectivity index (χ3v) is 2.72. The van der Waals surface area contributed by atoms with Gasteiger partial charge in [0.25, 0.3) is 0 Å². The fraction of sp³-hybridized carbons (Fsp3) is 0.250. The number of Topliss-reactive ketones (excluding diaryl/α,β-unsaturated/α-hetero) is 1. The molecule has 5 nitrogen and oxygen atoms in total. The van der Waals surface area contributed by atoms with Crippen LogP contribution in [0.15, 0.2) is 34.0 Å². The minimum absolute atomic E-state index is 0.0384. The average Bonchev–Trinajstić information content (AvgIpc) is 2.97. The van der Waals surface area contributed by atoms with Crippen molar-refractivity contribution in [3.05, 3.63) is 30.2 Å². The lowest BCUT2D eigenvalue weighted by molar-refractivity contribution is 0.1000. The van der Waals surface area contributed by atoms with Crippen molar-refractivity contribution in [3.63, 3.8) is 0 Å². The van der Waals surface area contributed by atoms with E-state index < -0.39 is 0 Å². The van der Waals surface area contributed by atoms with Crippen LogP contribution in [0.4, 0.5) is 0 Å². The first-order valence-electron chi connectivity index (χ1n) is 5.46. The topological polar surface area (TPSA) is 67.5 Å². The Morgan fingerprint density at radius 1 is 1.47 bits per heavy atom. The summed E-state index contributed by atoms with van der Waals surface area (Å²) in [6.45, 7) is 1.58. The Morgan fingerprint density at radius 2 is 2.41 bits per heavy atom. The number of aromatic nitrogens is 1. The SMILES string of the molecule is O=C(CC1=NCCN1)c1ccc2ncoc2c1. The Kier molecular flexibility index (Phi) is 2.36. The molecule has 2 heterocycles. The van der Waals surface area contributed by atoms with Gasteiger partial charge in [-0.15, -0.1) is 0 Å². The molecule has 5 heteroatoms. The predicted octanol–water partition coefficient (Wildman–Crippen LogP) is 1.40. The van der Waals surface area contributed by atoms with Gasteiger partial charge in [0.1, 0.15) is 11.4 Å². The monoisotopic (exact) mass is 229 g/mol. The summed E-state index contributed by atoms with van der Waals surface area (Å²) in [5.74, 6) is 0.809. The Labute approximate surface area is 97.6 Å². The van der Waals surface area contributed by atoms with Gasteiger partial charge in [-0.1, -0.05) is 0 Å². The van der Waals surface area contributed by atoms with Gasteiger partial charge in [-0.3, -0.25) is 9.79 Å². The first-order chi connectivity index (χ1) is 8.33. The van der Waals surface area contributed by atoms with Crippen LogP contribution in [0.3, 0.4) is 0 Å². The molecule has 0 aliphatic carbocycles. The zero-order valence-electron chi connectivity index (χ0n) is 9.14. The van der Waals surface area contributed by atoms with E-state index in [1.165, 1.54) is 6.39 Å².